The minimum Gasteiger partial charge on any atom is -0.480 e. The molecule has 0 aliphatic carbocycles. The molecule has 6 heteroatoms. The van der Waals surface area contributed by atoms with Gasteiger partial charge in [0.2, 0.25) is 0 Å². The number of rotatable bonds is 3. The lowest BCUT2D eigenvalue weighted by molar-refractivity contribution is -0.146. The average molecular weight is 294 g/mol. The lowest BCUT2D eigenvalue weighted by Crippen LogP contribution is -2.52. The fraction of sp³-hybridized carbons (Fsp3) is 0.429. The van der Waals surface area contributed by atoms with Crippen LogP contribution in [-0.4, -0.2) is 40.3 Å². The molecule has 0 aromatic heterocycles. The molecule has 1 fully saturated rings. The van der Waals surface area contributed by atoms with Crippen LogP contribution in [0.4, 0.5) is 10.5 Å². The quantitative estimate of drug-likeness (QED) is 0.841. The van der Waals surface area contributed by atoms with Gasteiger partial charge in [0.15, 0.2) is 0 Å². The summed E-state index contributed by atoms with van der Waals surface area (Å²) in [6, 6.07) is 7.11. The maximum atomic E-state index is 12.2. The summed E-state index contributed by atoms with van der Waals surface area (Å²) in [4.78, 5) is 26.1. The number of hydrogen-bond donors (Lipinski definition) is 2. The summed E-state index contributed by atoms with van der Waals surface area (Å²) in [5.41, 5.74) is -0.434. The van der Waals surface area contributed by atoms with Gasteiger partial charge < -0.3 is 15.3 Å². The molecule has 0 spiro atoms. The van der Waals surface area contributed by atoms with Crippen molar-refractivity contribution in [3.8, 4) is 0 Å². The van der Waals surface area contributed by atoms with Gasteiger partial charge in [0, 0.05) is 17.1 Å². The highest BCUT2D eigenvalue weighted by atomic mass is 32.2. The molecule has 1 atom stereocenters. The van der Waals surface area contributed by atoms with Crippen LogP contribution in [0.2, 0.25) is 0 Å². The highest BCUT2D eigenvalue weighted by molar-refractivity contribution is 7.98. The Labute approximate surface area is 122 Å². The number of aliphatic carboxylic acids is 1. The van der Waals surface area contributed by atoms with Gasteiger partial charge in [0.25, 0.3) is 0 Å². The highest BCUT2D eigenvalue weighted by Gasteiger charge is 2.45. The van der Waals surface area contributed by atoms with E-state index in [0.717, 1.165) is 4.90 Å². The maximum Gasteiger partial charge on any atom is 0.329 e. The van der Waals surface area contributed by atoms with Crippen LogP contribution in [0.15, 0.2) is 29.2 Å². The van der Waals surface area contributed by atoms with Gasteiger partial charge in [-0.1, -0.05) is 0 Å². The van der Waals surface area contributed by atoms with Crippen LogP contribution >= 0.6 is 11.8 Å². The van der Waals surface area contributed by atoms with Crippen molar-refractivity contribution in [1.82, 2.24) is 4.90 Å². The van der Waals surface area contributed by atoms with Crippen LogP contribution in [0, 0.1) is 0 Å². The van der Waals surface area contributed by atoms with Crippen molar-refractivity contribution in [1.29, 1.82) is 0 Å². The summed E-state index contributed by atoms with van der Waals surface area (Å²) in [5.74, 6) is -0.956. The second-order valence-corrected chi connectivity index (χ2v) is 5.87. The number of urea groups is 1. The number of amides is 2. The molecule has 20 heavy (non-hydrogen) atoms. The van der Waals surface area contributed by atoms with Crippen LogP contribution in [0.25, 0.3) is 0 Å². The van der Waals surface area contributed by atoms with Crippen molar-refractivity contribution in [2.24, 2.45) is 0 Å². The van der Waals surface area contributed by atoms with Crippen molar-refractivity contribution >= 4 is 29.4 Å². The van der Waals surface area contributed by atoms with Gasteiger partial charge in [0.1, 0.15) is 5.54 Å². The summed E-state index contributed by atoms with van der Waals surface area (Å²) >= 11 is 1.62. The average Bonchev–Trinajstić information content (AvgIpc) is 2.83. The van der Waals surface area contributed by atoms with Crippen molar-refractivity contribution in [2.75, 3.05) is 18.1 Å². The molecular weight excluding hydrogens is 276 g/mol. The second kappa shape index (κ2) is 5.75. The Morgan fingerprint density at radius 1 is 1.35 bits per heavy atom. The molecule has 0 bridgehead atoms. The van der Waals surface area contributed by atoms with Crippen LogP contribution in [0.3, 0.4) is 0 Å². The van der Waals surface area contributed by atoms with Crippen LogP contribution in [-0.2, 0) is 4.79 Å². The number of nitrogens with zero attached hydrogens (tertiary/aromatic N) is 1. The first-order valence-corrected chi connectivity index (χ1v) is 7.66. The Hall–Kier alpha value is -1.69. The largest absolute Gasteiger partial charge is 0.480 e. The first-order valence-electron chi connectivity index (χ1n) is 6.43. The van der Waals surface area contributed by atoms with E-state index in [0.29, 0.717) is 25.1 Å². The molecule has 1 aliphatic heterocycles. The van der Waals surface area contributed by atoms with Crippen molar-refractivity contribution in [3.63, 3.8) is 0 Å². The Morgan fingerprint density at radius 3 is 2.55 bits per heavy atom. The van der Waals surface area contributed by atoms with E-state index >= 15 is 0 Å². The van der Waals surface area contributed by atoms with Crippen molar-refractivity contribution < 1.29 is 14.7 Å². The van der Waals surface area contributed by atoms with Gasteiger partial charge in [-0.05, 0) is 50.3 Å². The predicted octanol–water partition coefficient (Wildman–Crippen LogP) is 2.88. The molecule has 1 heterocycles. The van der Waals surface area contributed by atoms with Gasteiger partial charge in [-0.2, -0.15) is 0 Å². The summed E-state index contributed by atoms with van der Waals surface area (Å²) in [6.07, 6.45) is 3.18. The van der Waals surface area contributed by atoms with Crippen molar-refractivity contribution in [3.05, 3.63) is 24.3 Å². The Bertz CT molecular complexity index is 518. The molecule has 0 radical (unpaired) electrons. The van der Waals surface area contributed by atoms with E-state index in [1.54, 1.807) is 18.7 Å². The number of likely N-dealkylation sites (tertiary alicyclic amines) is 1. The number of hydrogen-bond acceptors (Lipinski definition) is 3. The molecule has 1 aromatic rings. The van der Waals surface area contributed by atoms with E-state index in [1.807, 2.05) is 30.5 Å². The van der Waals surface area contributed by atoms with Crippen LogP contribution in [0.1, 0.15) is 19.8 Å². The molecule has 2 N–H and O–H groups in total. The fourth-order valence-corrected chi connectivity index (χ4v) is 2.78. The number of thioether (sulfide) groups is 1. The molecule has 0 saturated carbocycles. The molecule has 1 saturated heterocycles. The van der Waals surface area contributed by atoms with E-state index in [1.165, 1.54) is 4.90 Å². The third kappa shape index (κ3) is 2.75. The first kappa shape index (κ1) is 14.7. The Morgan fingerprint density at radius 2 is 2.00 bits per heavy atom. The molecule has 1 aromatic carbocycles. The Kier molecular flexibility index (Phi) is 4.23. The zero-order valence-electron chi connectivity index (χ0n) is 11.5. The lowest BCUT2D eigenvalue weighted by Gasteiger charge is -2.31. The number of carbonyl (C=O) groups is 2. The lowest BCUT2D eigenvalue weighted by atomic mass is 10.00. The Balaban J connectivity index is 2.09. The molecule has 5 nitrogen and oxygen atoms in total. The minimum absolute atomic E-state index is 0.357. The number of carboxylic acid groups (broad SMARTS) is 1. The molecule has 1 aliphatic rings. The summed E-state index contributed by atoms with van der Waals surface area (Å²) in [6.45, 7) is 2.07. The van der Waals surface area contributed by atoms with Crippen LogP contribution in [0.5, 0.6) is 0 Å². The monoisotopic (exact) mass is 294 g/mol. The third-order valence-electron chi connectivity index (χ3n) is 3.69. The van der Waals surface area contributed by atoms with Crippen molar-refractivity contribution in [2.45, 2.75) is 30.2 Å². The van der Waals surface area contributed by atoms with E-state index in [4.69, 9.17) is 0 Å². The summed E-state index contributed by atoms with van der Waals surface area (Å²) < 4.78 is 0. The van der Waals surface area contributed by atoms with E-state index in [2.05, 4.69) is 5.32 Å². The van der Waals surface area contributed by atoms with Gasteiger partial charge in [0.05, 0.1) is 0 Å². The van der Waals surface area contributed by atoms with E-state index < -0.39 is 11.5 Å². The number of carbonyl (C=O) groups excluding carboxylic acids is 1. The van der Waals surface area contributed by atoms with Gasteiger partial charge in [-0.3, -0.25) is 0 Å². The standard InChI is InChI=1S/C14H18N2O3S/c1-14(12(17)18)8-3-9-16(14)13(19)15-10-4-6-11(20-2)7-5-10/h4-7H,3,8-9H2,1-2H3,(H,15,19)(H,17,18). The third-order valence-corrected chi connectivity index (χ3v) is 4.43. The summed E-state index contributed by atoms with van der Waals surface area (Å²) in [7, 11) is 0. The molecular formula is C14H18N2O3S. The fourth-order valence-electron chi connectivity index (χ4n) is 2.38. The van der Waals surface area contributed by atoms with Crippen LogP contribution < -0.4 is 5.32 Å². The van der Waals surface area contributed by atoms with E-state index in [-0.39, 0.29) is 6.03 Å². The molecule has 2 rings (SSSR count). The SMILES string of the molecule is CSc1ccc(NC(=O)N2CCCC2(C)C(=O)O)cc1. The number of anilines is 1. The number of carboxylic acids is 1. The van der Waals surface area contributed by atoms with Gasteiger partial charge >= 0.3 is 12.0 Å². The van der Waals surface area contributed by atoms with Gasteiger partial charge in [-0.25, -0.2) is 9.59 Å². The topological polar surface area (TPSA) is 69.6 Å². The first-order chi connectivity index (χ1) is 9.47. The number of benzene rings is 1. The molecule has 1 unspecified atom stereocenters. The normalized spacial score (nSPS) is 21.8. The second-order valence-electron chi connectivity index (χ2n) is 4.99. The smallest absolute Gasteiger partial charge is 0.329 e. The highest BCUT2D eigenvalue weighted by Crippen LogP contribution is 2.30. The van der Waals surface area contributed by atoms with Gasteiger partial charge in [-0.15, -0.1) is 11.8 Å². The minimum atomic E-state index is -1.11. The van der Waals surface area contributed by atoms with E-state index in [9.17, 15) is 14.7 Å². The predicted molar refractivity (Wildman–Crippen MR) is 79.2 cm³/mol. The maximum absolute atomic E-state index is 12.2. The molecule has 2 amide bonds. The number of nitrogens with one attached hydrogen (secondary N) is 1. The zero-order valence-corrected chi connectivity index (χ0v) is 12.4. The molecule has 108 valence electrons. The zero-order chi connectivity index (χ0) is 14.8. The summed E-state index contributed by atoms with van der Waals surface area (Å²) in [5, 5.41) is 12.1.